The summed E-state index contributed by atoms with van der Waals surface area (Å²) in [5, 5.41) is 0. The predicted octanol–water partition coefficient (Wildman–Crippen LogP) is 14.2. The van der Waals surface area contributed by atoms with Crippen molar-refractivity contribution in [2.45, 2.75) is 195 Å². The van der Waals surface area contributed by atoms with Crippen molar-refractivity contribution in [1.82, 2.24) is 0 Å². The molecule has 0 spiro atoms. The van der Waals surface area contributed by atoms with Crippen LogP contribution >= 0.6 is 0 Å². The molecule has 0 aromatic rings. The van der Waals surface area contributed by atoms with Crippen molar-refractivity contribution in [2.24, 2.45) is 46.3 Å². The summed E-state index contributed by atoms with van der Waals surface area (Å²) in [5.74, 6) is 5.57. The van der Waals surface area contributed by atoms with Crippen LogP contribution in [0.5, 0.6) is 0 Å². The highest BCUT2D eigenvalue weighted by Crippen LogP contribution is 2.67. The third-order valence-corrected chi connectivity index (χ3v) is 14.0. The molecular weight excluding hydrogens is 556 g/mol. The van der Waals surface area contributed by atoms with Crippen LogP contribution in [0.25, 0.3) is 0 Å². The topological polar surface area (TPSA) is 9.23 Å². The van der Waals surface area contributed by atoms with Gasteiger partial charge in [-0.15, -0.1) is 0 Å². The third-order valence-electron chi connectivity index (χ3n) is 14.0. The number of fused-ring (bicyclic) bond motifs is 5. The Morgan fingerprint density at radius 2 is 1.48 bits per heavy atom. The van der Waals surface area contributed by atoms with Gasteiger partial charge in [0.2, 0.25) is 0 Å². The second kappa shape index (κ2) is 19.4. The van der Waals surface area contributed by atoms with Crippen molar-refractivity contribution in [2.75, 3.05) is 6.61 Å². The Bertz CT molecular complexity index is 941. The first-order valence-electron chi connectivity index (χ1n) is 20.9. The van der Waals surface area contributed by atoms with E-state index in [0.717, 1.165) is 48.5 Å². The van der Waals surface area contributed by atoms with Crippen LogP contribution in [0.1, 0.15) is 189 Å². The van der Waals surface area contributed by atoms with E-state index in [-0.39, 0.29) is 0 Å². The first kappa shape index (κ1) is 38.0. The van der Waals surface area contributed by atoms with Crippen LogP contribution in [0.3, 0.4) is 0 Å². The van der Waals surface area contributed by atoms with Crippen molar-refractivity contribution in [1.29, 1.82) is 0 Å². The summed E-state index contributed by atoms with van der Waals surface area (Å²) in [6.07, 6.45) is 44.0. The van der Waals surface area contributed by atoms with Gasteiger partial charge < -0.3 is 4.74 Å². The number of allylic oxidation sites excluding steroid dienone is 5. The van der Waals surface area contributed by atoms with E-state index >= 15 is 0 Å². The highest BCUT2D eigenvalue weighted by atomic mass is 16.5. The molecule has 3 saturated carbocycles. The van der Waals surface area contributed by atoms with Gasteiger partial charge in [0, 0.05) is 6.61 Å². The standard InChI is InChI=1S/C45H78O/c1-7-8-9-10-11-12-13-14-15-16-17-18-19-20-21-22-34-46-39-30-32-44(5)38(35-39)26-27-40-42-29-28-41(37(4)25-23-24-36(2)3)45(42,6)33-31-43(40)44/h11-12,14-15,26,36-37,39-43H,7-10,13,16-25,27-35H2,1-6H3/b12-11-,15-14-/t37-,39?,40?,41-,42?,43?,44+,45-/m1/s1. The molecule has 46 heavy (non-hydrogen) atoms. The van der Waals surface area contributed by atoms with E-state index in [1.807, 2.05) is 0 Å². The average Bonchev–Trinajstić information content (AvgIpc) is 3.39. The highest BCUT2D eigenvalue weighted by molar-refractivity contribution is 5.25. The minimum absolute atomic E-state index is 0.450. The van der Waals surface area contributed by atoms with Gasteiger partial charge in [-0.3, -0.25) is 0 Å². The Morgan fingerprint density at radius 1 is 0.761 bits per heavy atom. The van der Waals surface area contributed by atoms with Crippen molar-refractivity contribution in [3.05, 3.63) is 36.0 Å². The maximum atomic E-state index is 6.55. The van der Waals surface area contributed by atoms with E-state index in [4.69, 9.17) is 4.74 Å². The number of hydrogen-bond donors (Lipinski definition) is 0. The monoisotopic (exact) mass is 635 g/mol. The molecule has 0 N–H and O–H groups in total. The Morgan fingerprint density at radius 3 is 2.22 bits per heavy atom. The minimum Gasteiger partial charge on any atom is -0.378 e. The smallest absolute Gasteiger partial charge is 0.0612 e. The van der Waals surface area contributed by atoms with E-state index in [2.05, 4.69) is 71.9 Å². The number of unbranched alkanes of at least 4 members (excludes halogenated alkanes) is 9. The molecule has 4 unspecified atom stereocenters. The van der Waals surface area contributed by atoms with Crippen LogP contribution in [0, 0.1) is 46.3 Å². The molecule has 0 bridgehead atoms. The van der Waals surface area contributed by atoms with Gasteiger partial charge in [-0.1, -0.05) is 135 Å². The summed E-state index contributed by atoms with van der Waals surface area (Å²) < 4.78 is 6.55. The van der Waals surface area contributed by atoms with Gasteiger partial charge in [-0.25, -0.2) is 0 Å². The molecule has 264 valence electrons. The quantitative estimate of drug-likeness (QED) is 0.0901. The molecule has 1 nitrogen and oxygen atoms in total. The molecule has 8 atom stereocenters. The molecular formula is C45H78O. The van der Waals surface area contributed by atoms with E-state index in [0.29, 0.717) is 16.9 Å². The Kier molecular flexibility index (Phi) is 16.0. The van der Waals surface area contributed by atoms with Crippen LogP contribution in [0.15, 0.2) is 36.0 Å². The number of hydrogen-bond acceptors (Lipinski definition) is 1. The summed E-state index contributed by atoms with van der Waals surface area (Å²) in [6, 6.07) is 0. The van der Waals surface area contributed by atoms with Gasteiger partial charge in [0.25, 0.3) is 0 Å². The van der Waals surface area contributed by atoms with Gasteiger partial charge in [-0.2, -0.15) is 0 Å². The molecule has 4 aliphatic carbocycles. The van der Waals surface area contributed by atoms with Crippen LogP contribution in [0.2, 0.25) is 0 Å². The predicted molar refractivity (Wildman–Crippen MR) is 202 cm³/mol. The van der Waals surface area contributed by atoms with Crippen molar-refractivity contribution < 1.29 is 4.74 Å². The molecule has 4 rings (SSSR count). The van der Waals surface area contributed by atoms with Gasteiger partial charge in [0.05, 0.1) is 6.10 Å². The second-order valence-corrected chi connectivity index (χ2v) is 17.6. The first-order chi connectivity index (χ1) is 22.3. The molecule has 0 amide bonds. The molecule has 1 heteroatoms. The lowest BCUT2D eigenvalue weighted by atomic mass is 9.47. The minimum atomic E-state index is 0.450. The van der Waals surface area contributed by atoms with E-state index in [1.165, 1.54) is 141 Å². The number of rotatable bonds is 21. The maximum Gasteiger partial charge on any atom is 0.0612 e. The molecule has 0 radical (unpaired) electrons. The molecule has 0 aromatic heterocycles. The molecule has 3 fully saturated rings. The van der Waals surface area contributed by atoms with Crippen LogP contribution in [0.4, 0.5) is 0 Å². The fourth-order valence-electron chi connectivity index (χ4n) is 11.1. The largest absolute Gasteiger partial charge is 0.378 e. The Hall–Kier alpha value is -0.820. The summed E-state index contributed by atoms with van der Waals surface area (Å²) in [7, 11) is 0. The van der Waals surface area contributed by atoms with E-state index in [9.17, 15) is 0 Å². The van der Waals surface area contributed by atoms with Gasteiger partial charge in [0.1, 0.15) is 0 Å². The van der Waals surface area contributed by atoms with Crippen molar-refractivity contribution >= 4 is 0 Å². The summed E-state index contributed by atoms with van der Waals surface area (Å²) >= 11 is 0. The lowest BCUT2D eigenvalue weighted by Gasteiger charge is -2.58. The highest BCUT2D eigenvalue weighted by Gasteiger charge is 2.59. The zero-order chi connectivity index (χ0) is 32.8. The van der Waals surface area contributed by atoms with Gasteiger partial charge in [0.15, 0.2) is 0 Å². The zero-order valence-corrected chi connectivity index (χ0v) is 31.8. The Labute approximate surface area is 288 Å². The van der Waals surface area contributed by atoms with Crippen LogP contribution in [-0.4, -0.2) is 12.7 Å². The molecule has 0 aromatic carbocycles. The summed E-state index contributed by atoms with van der Waals surface area (Å²) in [4.78, 5) is 0. The van der Waals surface area contributed by atoms with Crippen LogP contribution < -0.4 is 0 Å². The molecule has 0 heterocycles. The average molecular weight is 635 g/mol. The van der Waals surface area contributed by atoms with E-state index < -0.39 is 0 Å². The first-order valence-corrected chi connectivity index (χ1v) is 20.9. The normalized spacial score (nSPS) is 33.4. The zero-order valence-electron chi connectivity index (χ0n) is 31.8. The van der Waals surface area contributed by atoms with Crippen molar-refractivity contribution in [3.8, 4) is 0 Å². The lowest BCUT2D eigenvalue weighted by Crippen LogP contribution is -2.51. The van der Waals surface area contributed by atoms with Crippen molar-refractivity contribution in [3.63, 3.8) is 0 Å². The lowest BCUT2D eigenvalue weighted by molar-refractivity contribution is -0.0641. The third kappa shape index (κ3) is 10.3. The Balaban J connectivity index is 1.10. The molecule has 4 aliphatic rings. The summed E-state index contributed by atoms with van der Waals surface area (Å²) in [5.41, 5.74) is 2.84. The molecule has 0 aliphatic heterocycles. The van der Waals surface area contributed by atoms with Gasteiger partial charge >= 0.3 is 0 Å². The fourth-order valence-corrected chi connectivity index (χ4v) is 11.1. The maximum absolute atomic E-state index is 6.55. The SMILES string of the molecule is CCCCC/C=C\C/C=C\CCCCCCCCOC1CC[C@@]2(C)C(=CCC3C2CC[C@@]2(C)C3CC[C@@H]2[C@H](C)CCCC(C)C)C1. The fraction of sp³-hybridized carbons (Fsp3) is 0.867. The second-order valence-electron chi connectivity index (χ2n) is 17.6. The van der Waals surface area contributed by atoms with E-state index in [1.54, 1.807) is 5.57 Å². The summed E-state index contributed by atoms with van der Waals surface area (Å²) in [6.45, 7) is 16.1. The van der Waals surface area contributed by atoms with Crippen LogP contribution in [-0.2, 0) is 4.74 Å². The molecule has 0 saturated heterocycles. The van der Waals surface area contributed by atoms with Gasteiger partial charge in [-0.05, 0) is 136 Å². The number of ether oxygens (including phenoxy) is 1.